The first kappa shape index (κ1) is 29.1. The van der Waals surface area contributed by atoms with Gasteiger partial charge >= 0.3 is 11.9 Å². The molecule has 0 aromatic heterocycles. The summed E-state index contributed by atoms with van der Waals surface area (Å²) < 4.78 is 0. The van der Waals surface area contributed by atoms with E-state index in [9.17, 15) is 9.59 Å². The summed E-state index contributed by atoms with van der Waals surface area (Å²) in [4.78, 5) is 20.9. The van der Waals surface area contributed by atoms with Gasteiger partial charge in [-0.1, -0.05) is 64.2 Å². The summed E-state index contributed by atoms with van der Waals surface area (Å²) in [7, 11) is 0. The Morgan fingerprint density at radius 3 is 1.07 bits per heavy atom. The van der Waals surface area contributed by atoms with Gasteiger partial charge in [0.05, 0.1) is 0 Å². The molecule has 4 heteroatoms. The number of unbranched alkanes of at least 4 members (excludes halogenated alkanes) is 8. The normalized spacial score (nSPS) is 52.3. The quantitative estimate of drug-likeness (QED) is 0.136. The largest absolute Gasteiger partial charge is 0.481 e. The molecule has 0 heterocycles. The van der Waals surface area contributed by atoms with E-state index in [0.29, 0.717) is 12.8 Å². The van der Waals surface area contributed by atoms with E-state index in [4.69, 9.17) is 10.2 Å². The monoisotopic (exact) mass is 604 g/mol. The third kappa shape index (κ3) is 4.18. The number of hydrogen-bond donors (Lipinski definition) is 2. The number of carbonyl (C=O) groups is 2. The lowest BCUT2D eigenvalue weighted by Gasteiger charge is -2.85. The third-order valence-corrected chi connectivity index (χ3v) is 17.3. The van der Waals surface area contributed by atoms with Gasteiger partial charge in [-0.25, -0.2) is 0 Å². The average Bonchev–Trinajstić information content (AvgIpc) is 2.94. The second kappa shape index (κ2) is 11.3. The minimum absolute atomic E-state index is 0.361. The van der Waals surface area contributed by atoms with Crippen LogP contribution >= 0.6 is 0 Å². The zero-order valence-electron chi connectivity index (χ0n) is 27.2. The highest BCUT2D eigenvalue weighted by Crippen LogP contribution is 2.85. The van der Waals surface area contributed by atoms with Crippen molar-refractivity contribution in [1.82, 2.24) is 0 Å². The Kier molecular flexibility index (Phi) is 7.46. The molecule has 10 aliphatic rings. The molecule has 0 unspecified atom stereocenters. The maximum atomic E-state index is 10.5. The second-order valence-corrected chi connectivity index (χ2v) is 18.3. The molecule has 10 fully saturated rings. The average molecular weight is 605 g/mol. The third-order valence-electron chi connectivity index (χ3n) is 17.3. The fraction of sp³-hybridized carbons (Fsp3) is 0.950. The van der Waals surface area contributed by atoms with E-state index in [1.807, 2.05) is 0 Å². The topological polar surface area (TPSA) is 74.6 Å². The summed E-state index contributed by atoms with van der Waals surface area (Å²) >= 11 is 0. The van der Waals surface area contributed by atoms with Gasteiger partial charge in [0.2, 0.25) is 0 Å². The fourth-order valence-corrected chi connectivity index (χ4v) is 15.4. The number of hydrogen-bond acceptors (Lipinski definition) is 2. The van der Waals surface area contributed by atoms with Gasteiger partial charge in [-0.2, -0.15) is 0 Å². The van der Waals surface area contributed by atoms with Crippen LogP contribution in [0.3, 0.4) is 0 Å². The van der Waals surface area contributed by atoms with Crippen LogP contribution in [0.5, 0.6) is 0 Å². The zero-order valence-corrected chi connectivity index (χ0v) is 27.2. The predicted molar refractivity (Wildman–Crippen MR) is 170 cm³/mol. The first-order valence-electron chi connectivity index (χ1n) is 20.0. The van der Waals surface area contributed by atoms with Crippen molar-refractivity contribution in [3.05, 3.63) is 0 Å². The van der Waals surface area contributed by atoms with Crippen LogP contribution in [0.15, 0.2) is 0 Å². The van der Waals surface area contributed by atoms with Gasteiger partial charge in [-0.3, -0.25) is 9.59 Å². The van der Waals surface area contributed by atoms with E-state index in [2.05, 4.69) is 0 Å². The Morgan fingerprint density at radius 2 is 0.705 bits per heavy atom. The fourth-order valence-electron chi connectivity index (χ4n) is 15.4. The molecule has 0 spiro atoms. The molecule has 10 saturated carbocycles. The van der Waals surface area contributed by atoms with Crippen LogP contribution in [-0.2, 0) is 9.59 Å². The summed E-state index contributed by atoms with van der Waals surface area (Å²) in [6.07, 6.45) is 25.1. The van der Waals surface area contributed by atoms with Crippen LogP contribution < -0.4 is 0 Å². The molecule has 0 aliphatic heterocycles. The lowest BCUT2D eigenvalue weighted by molar-refractivity contribution is -0.375. The number of aliphatic carboxylic acids is 2. The van der Waals surface area contributed by atoms with Gasteiger partial charge in [0.25, 0.3) is 0 Å². The molecule has 244 valence electrons. The van der Waals surface area contributed by atoms with Gasteiger partial charge < -0.3 is 10.2 Å². The van der Waals surface area contributed by atoms with Crippen molar-refractivity contribution < 1.29 is 19.8 Å². The highest BCUT2D eigenvalue weighted by Gasteiger charge is 2.80. The van der Waals surface area contributed by atoms with Crippen LogP contribution in [0.1, 0.15) is 128 Å². The zero-order chi connectivity index (χ0) is 29.7. The maximum Gasteiger partial charge on any atom is 0.303 e. The SMILES string of the molecule is O=C(O)CCCCCCC[C@@H]1C[C@H]2[C@@H]3[C@H]4[C@@H]5CC[C@@H]5[C@H]4[C@@H]3[C@@H]12.O=C(O)CCCCCCC[C@@H]1C[C@H]2[C@@H]3[C@H]4[C@@H]5CC[C@@H]5[C@H]4[C@@H]3[C@@H]12. The van der Waals surface area contributed by atoms with E-state index < -0.39 is 11.9 Å². The minimum atomic E-state index is -0.636. The molecular weight excluding hydrogens is 544 g/mol. The van der Waals surface area contributed by atoms with E-state index in [0.717, 1.165) is 37.5 Å². The van der Waals surface area contributed by atoms with Crippen molar-refractivity contribution in [3.8, 4) is 0 Å². The van der Waals surface area contributed by atoms with E-state index in [-0.39, 0.29) is 0 Å². The van der Waals surface area contributed by atoms with Crippen LogP contribution in [-0.4, -0.2) is 22.2 Å². The smallest absolute Gasteiger partial charge is 0.303 e. The Morgan fingerprint density at radius 1 is 0.386 bits per heavy atom. The number of carboxylic acid groups (broad SMARTS) is 2. The highest BCUT2D eigenvalue weighted by atomic mass is 16.4. The number of carboxylic acids is 2. The van der Waals surface area contributed by atoms with Gasteiger partial charge in [0.15, 0.2) is 0 Å². The first-order chi connectivity index (χ1) is 21.5. The molecule has 10 rings (SSSR count). The molecular formula is C40H60O4. The van der Waals surface area contributed by atoms with Crippen LogP contribution in [0.4, 0.5) is 0 Å². The van der Waals surface area contributed by atoms with Crippen molar-refractivity contribution >= 4 is 11.9 Å². The molecule has 44 heavy (non-hydrogen) atoms. The van der Waals surface area contributed by atoms with E-state index in [1.165, 1.54) is 146 Å². The highest BCUT2D eigenvalue weighted by molar-refractivity contribution is 5.66. The van der Waals surface area contributed by atoms with Crippen molar-refractivity contribution in [2.75, 3.05) is 0 Å². The van der Waals surface area contributed by atoms with Crippen LogP contribution in [0.2, 0.25) is 0 Å². The maximum absolute atomic E-state index is 10.5. The lowest BCUT2D eigenvalue weighted by Crippen LogP contribution is -2.80. The number of fused-ring (bicyclic) bond motifs is 20. The standard InChI is InChI=1S/2C20H30O2/c2*21-15(22)7-5-3-1-2-4-6-11-10-14-16(11)20-18-13-9-8-12(13)17(18)19(14)20/h2*11-14,16-20H,1-10H2,(H,21,22)/t2*11-,12-,13+,14-,16+,17+,18-,19-,20+/m11/s1. The van der Waals surface area contributed by atoms with Crippen molar-refractivity contribution in [1.29, 1.82) is 0 Å². The first-order valence-corrected chi connectivity index (χ1v) is 20.0. The summed E-state index contributed by atoms with van der Waals surface area (Å²) in [6, 6.07) is 0. The predicted octanol–water partition coefficient (Wildman–Crippen LogP) is 9.17. The van der Waals surface area contributed by atoms with Gasteiger partial charge in [-0.15, -0.1) is 0 Å². The van der Waals surface area contributed by atoms with Crippen molar-refractivity contribution in [2.24, 2.45) is 107 Å². The molecule has 0 aromatic rings. The molecule has 2 N–H and O–H groups in total. The Hall–Kier alpha value is -1.06. The van der Waals surface area contributed by atoms with Gasteiger partial charge in [-0.05, 0) is 158 Å². The van der Waals surface area contributed by atoms with Crippen LogP contribution in [0, 0.1) is 107 Å². The molecule has 10 aliphatic carbocycles. The summed E-state index contributed by atoms with van der Waals surface area (Å²) in [5.41, 5.74) is 0. The summed E-state index contributed by atoms with van der Waals surface area (Å²) in [6.45, 7) is 0. The lowest BCUT2D eigenvalue weighted by atomic mass is 9.20. The van der Waals surface area contributed by atoms with Crippen molar-refractivity contribution in [3.63, 3.8) is 0 Å². The Balaban J connectivity index is 0.000000123. The summed E-state index contributed by atoms with van der Waals surface area (Å²) in [5, 5.41) is 17.2. The Labute approximate surface area is 266 Å². The van der Waals surface area contributed by atoms with E-state index in [1.54, 1.807) is 38.5 Å². The van der Waals surface area contributed by atoms with Crippen molar-refractivity contribution in [2.45, 2.75) is 128 Å². The van der Waals surface area contributed by atoms with Gasteiger partial charge in [0, 0.05) is 12.8 Å². The van der Waals surface area contributed by atoms with Crippen LogP contribution in [0.25, 0.3) is 0 Å². The molecule has 18 atom stereocenters. The molecule has 0 amide bonds. The Bertz CT molecular complexity index is 1020. The van der Waals surface area contributed by atoms with Gasteiger partial charge in [0.1, 0.15) is 0 Å². The molecule has 4 nitrogen and oxygen atoms in total. The molecule has 0 aromatic carbocycles. The van der Waals surface area contributed by atoms with E-state index >= 15 is 0 Å². The second-order valence-electron chi connectivity index (χ2n) is 18.3. The minimum Gasteiger partial charge on any atom is -0.481 e. The number of rotatable bonds is 16. The summed E-state index contributed by atoms with van der Waals surface area (Å²) in [5.74, 6) is 20.1. The molecule has 0 radical (unpaired) electrons. The molecule has 0 saturated heterocycles. The molecule has 0 bridgehead atoms.